The topological polar surface area (TPSA) is 57.7 Å². The molecule has 1 fully saturated rings. The first-order chi connectivity index (χ1) is 11.9. The number of carbonyl (C=O) groups excluding carboxylic acids is 3. The van der Waals surface area contributed by atoms with Crippen molar-refractivity contribution in [3.8, 4) is 0 Å². The number of hydrogen-bond donors (Lipinski definition) is 0. The molecule has 0 aliphatic carbocycles. The molecule has 6 heteroatoms. The van der Waals surface area contributed by atoms with Crippen LogP contribution in [0.15, 0.2) is 49.6 Å². The van der Waals surface area contributed by atoms with E-state index in [1.54, 1.807) is 18.2 Å². The molecule has 0 N–H and O–H groups in total. The fraction of sp³-hybridized carbons (Fsp3) is 0.316. The van der Waals surface area contributed by atoms with Crippen molar-refractivity contribution in [3.63, 3.8) is 0 Å². The SMILES string of the molecule is C=CCN(CC=C)C(=O)C[C@]1(c2cccc(F)c2)CC(=O)N(C)C1=O. The predicted molar refractivity (Wildman–Crippen MR) is 92.1 cm³/mol. The highest BCUT2D eigenvalue weighted by Crippen LogP contribution is 2.40. The minimum atomic E-state index is -1.38. The van der Waals surface area contributed by atoms with Gasteiger partial charge in [-0.05, 0) is 17.7 Å². The Balaban J connectivity index is 2.45. The van der Waals surface area contributed by atoms with Gasteiger partial charge in [0, 0.05) is 33.0 Å². The molecular weight excluding hydrogens is 323 g/mol. The fourth-order valence-electron chi connectivity index (χ4n) is 3.10. The highest BCUT2D eigenvalue weighted by atomic mass is 19.1. The average molecular weight is 344 g/mol. The molecule has 0 saturated carbocycles. The van der Waals surface area contributed by atoms with Crippen LogP contribution in [0.25, 0.3) is 0 Å². The van der Waals surface area contributed by atoms with E-state index in [1.165, 1.54) is 30.1 Å². The van der Waals surface area contributed by atoms with Crippen LogP contribution in [0.1, 0.15) is 18.4 Å². The minimum Gasteiger partial charge on any atom is -0.335 e. The molecule has 0 spiro atoms. The smallest absolute Gasteiger partial charge is 0.240 e. The van der Waals surface area contributed by atoms with Crippen LogP contribution < -0.4 is 0 Å². The van der Waals surface area contributed by atoms with Crippen LogP contribution in [0.4, 0.5) is 4.39 Å². The summed E-state index contributed by atoms with van der Waals surface area (Å²) in [6, 6.07) is 5.51. The minimum absolute atomic E-state index is 0.159. The number of likely N-dealkylation sites (tertiary alicyclic amines) is 1. The van der Waals surface area contributed by atoms with Gasteiger partial charge < -0.3 is 4.90 Å². The van der Waals surface area contributed by atoms with E-state index < -0.39 is 17.1 Å². The first kappa shape index (κ1) is 18.6. The molecule has 0 radical (unpaired) electrons. The number of halogens is 1. The molecule has 1 atom stereocenters. The van der Waals surface area contributed by atoms with Crippen LogP contribution in [0, 0.1) is 5.82 Å². The van der Waals surface area contributed by atoms with Crippen molar-refractivity contribution in [2.75, 3.05) is 20.1 Å². The summed E-state index contributed by atoms with van der Waals surface area (Å²) in [5.41, 5.74) is -1.05. The van der Waals surface area contributed by atoms with Crippen LogP contribution in [0.2, 0.25) is 0 Å². The third-order valence-corrected chi connectivity index (χ3v) is 4.42. The summed E-state index contributed by atoms with van der Waals surface area (Å²) in [6.45, 7) is 7.82. The largest absolute Gasteiger partial charge is 0.335 e. The zero-order chi connectivity index (χ0) is 18.6. The van der Waals surface area contributed by atoms with Crippen LogP contribution >= 0.6 is 0 Å². The quantitative estimate of drug-likeness (QED) is 0.562. The zero-order valence-corrected chi connectivity index (χ0v) is 14.2. The molecule has 1 saturated heterocycles. The van der Waals surface area contributed by atoms with Crippen molar-refractivity contribution < 1.29 is 18.8 Å². The van der Waals surface area contributed by atoms with Crippen LogP contribution in [0.3, 0.4) is 0 Å². The highest BCUT2D eigenvalue weighted by molar-refractivity contribution is 6.10. The van der Waals surface area contributed by atoms with Gasteiger partial charge in [-0.25, -0.2) is 4.39 Å². The number of nitrogens with zero attached hydrogens (tertiary/aromatic N) is 2. The fourth-order valence-corrected chi connectivity index (χ4v) is 3.10. The maximum absolute atomic E-state index is 13.7. The van der Waals surface area contributed by atoms with Gasteiger partial charge in [0.1, 0.15) is 5.82 Å². The summed E-state index contributed by atoms with van der Waals surface area (Å²) in [6.07, 6.45) is 2.77. The van der Waals surface area contributed by atoms with Crippen molar-refractivity contribution in [1.29, 1.82) is 0 Å². The summed E-state index contributed by atoms with van der Waals surface area (Å²) in [7, 11) is 1.38. The lowest BCUT2D eigenvalue weighted by Gasteiger charge is -2.29. The lowest BCUT2D eigenvalue weighted by molar-refractivity contribution is -0.141. The number of imide groups is 1. The Kier molecular flexibility index (Phi) is 5.51. The van der Waals surface area contributed by atoms with Gasteiger partial charge >= 0.3 is 0 Å². The second-order valence-electron chi connectivity index (χ2n) is 6.08. The Morgan fingerprint density at radius 3 is 2.44 bits per heavy atom. The Labute approximate surface area is 146 Å². The first-order valence-electron chi connectivity index (χ1n) is 7.92. The van der Waals surface area contributed by atoms with Gasteiger partial charge in [0.15, 0.2) is 0 Å². The van der Waals surface area contributed by atoms with E-state index in [4.69, 9.17) is 0 Å². The molecule has 5 nitrogen and oxygen atoms in total. The maximum Gasteiger partial charge on any atom is 0.240 e. The Bertz CT molecular complexity index is 721. The Morgan fingerprint density at radius 2 is 1.96 bits per heavy atom. The molecule has 132 valence electrons. The van der Waals surface area contributed by atoms with Gasteiger partial charge in [-0.1, -0.05) is 24.3 Å². The summed E-state index contributed by atoms with van der Waals surface area (Å²) in [5, 5.41) is 0. The van der Waals surface area contributed by atoms with Crippen molar-refractivity contribution >= 4 is 17.7 Å². The van der Waals surface area contributed by atoms with E-state index in [2.05, 4.69) is 13.2 Å². The summed E-state index contributed by atoms with van der Waals surface area (Å²) < 4.78 is 13.7. The molecule has 0 bridgehead atoms. The van der Waals surface area contributed by atoms with E-state index in [0.717, 1.165) is 4.90 Å². The molecule has 0 aromatic heterocycles. The third kappa shape index (κ3) is 3.52. The third-order valence-electron chi connectivity index (χ3n) is 4.42. The normalized spacial score (nSPS) is 19.8. The number of carbonyl (C=O) groups is 3. The number of likely N-dealkylation sites (N-methyl/N-ethyl adjacent to an activating group) is 1. The second-order valence-corrected chi connectivity index (χ2v) is 6.08. The van der Waals surface area contributed by atoms with Crippen molar-refractivity contribution in [3.05, 3.63) is 61.0 Å². The molecule has 1 aliphatic heterocycles. The summed E-state index contributed by atoms with van der Waals surface area (Å²) in [5.74, 6) is -1.72. The van der Waals surface area contributed by atoms with Gasteiger partial charge in [-0.2, -0.15) is 0 Å². The molecule has 0 unspecified atom stereocenters. The van der Waals surface area contributed by atoms with Gasteiger partial charge in [0.25, 0.3) is 0 Å². The lowest BCUT2D eigenvalue weighted by atomic mass is 9.75. The molecule has 1 heterocycles. The number of rotatable bonds is 7. The Hall–Kier alpha value is -2.76. The first-order valence-corrected chi connectivity index (χ1v) is 7.92. The van der Waals surface area contributed by atoms with E-state index in [-0.39, 0.29) is 24.7 Å². The molecule has 1 aromatic rings. The van der Waals surface area contributed by atoms with Crippen LogP contribution in [0.5, 0.6) is 0 Å². The molecule has 1 aromatic carbocycles. The van der Waals surface area contributed by atoms with Gasteiger partial charge in [0.05, 0.1) is 5.41 Å². The van der Waals surface area contributed by atoms with Gasteiger partial charge in [-0.15, -0.1) is 13.2 Å². The number of benzene rings is 1. The van der Waals surface area contributed by atoms with E-state index in [1.807, 2.05) is 0 Å². The van der Waals surface area contributed by atoms with E-state index >= 15 is 0 Å². The maximum atomic E-state index is 13.7. The van der Waals surface area contributed by atoms with Crippen molar-refractivity contribution in [2.24, 2.45) is 0 Å². The monoisotopic (exact) mass is 344 g/mol. The lowest BCUT2D eigenvalue weighted by Crippen LogP contribution is -2.43. The summed E-state index contributed by atoms with van der Waals surface area (Å²) in [4.78, 5) is 40.2. The summed E-state index contributed by atoms with van der Waals surface area (Å²) >= 11 is 0. The molecule has 25 heavy (non-hydrogen) atoms. The second kappa shape index (κ2) is 7.42. The molecule has 2 rings (SSSR count). The van der Waals surface area contributed by atoms with Crippen molar-refractivity contribution in [2.45, 2.75) is 18.3 Å². The van der Waals surface area contributed by atoms with Crippen LogP contribution in [-0.2, 0) is 19.8 Å². The Morgan fingerprint density at radius 1 is 1.32 bits per heavy atom. The van der Waals surface area contributed by atoms with E-state index in [0.29, 0.717) is 18.7 Å². The van der Waals surface area contributed by atoms with Crippen molar-refractivity contribution in [1.82, 2.24) is 9.80 Å². The van der Waals surface area contributed by atoms with Gasteiger partial charge in [0.2, 0.25) is 17.7 Å². The zero-order valence-electron chi connectivity index (χ0n) is 14.2. The average Bonchev–Trinajstić information content (AvgIpc) is 2.79. The number of amides is 3. The van der Waals surface area contributed by atoms with E-state index in [9.17, 15) is 18.8 Å². The highest BCUT2D eigenvalue weighted by Gasteiger charge is 2.52. The molecule has 3 amide bonds. The van der Waals surface area contributed by atoms with Crippen LogP contribution in [-0.4, -0.2) is 47.7 Å². The molecule has 1 aliphatic rings. The predicted octanol–water partition coefficient (Wildman–Crippen LogP) is 2.04. The molecular formula is C19H21FN2O3. The number of hydrogen-bond acceptors (Lipinski definition) is 3. The van der Waals surface area contributed by atoms with Gasteiger partial charge in [-0.3, -0.25) is 19.3 Å². The standard InChI is InChI=1S/C19H21FN2O3/c1-4-9-22(10-5-2)17(24)13-19(12-16(23)21(3)18(19)25)14-7-6-8-15(20)11-14/h4-8,11H,1-2,9-10,12-13H2,3H3/t19-/m0/s1.